The van der Waals surface area contributed by atoms with Crippen molar-refractivity contribution in [3.05, 3.63) is 35.4 Å². The average Bonchev–Trinajstić information content (AvgIpc) is 2.27. The van der Waals surface area contributed by atoms with Gasteiger partial charge in [-0.3, -0.25) is 9.59 Å². The van der Waals surface area contributed by atoms with Crippen molar-refractivity contribution in [3.63, 3.8) is 0 Å². The molecule has 0 aromatic heterocycles. The molecule has 0 saturated carbocycles. The van der Waals surface area contributed by atoms with Crippen LogP contribution in [0.1, 0.15) is 24.2 Å². The number of hydrogen-bond acceptors (Lipinski definition) is 2. The number of rotatable bonds is 4. The molecule has 0 fully saturated rings. The fourth-order valence-electron chi connectivity index (χ4n) is 1.36. The second-order valence-corrected chi connectivity index (χ2v) is 3.75. The van der Waals surface area contributed by atoms with Crippen molar-refractivity contribution < 1.29 is 18.4 Å². The molecule has 18 heavy (non-hydrogen) atoms. The highest BCUT2D eigenvalue weighted by atomic mass is 19.1. The molecule has 0 saturated heterocycles. The van der Waals surface area contributed by atoms with Gasteiger partial charge in [0.15, 0.2) is 0 Å². The number of halogens is 2. The van der Waals surface area contributed by atoms with Gasteiger partial charge in [-0.2, -0.15) is 0 Å². The maximum Gasteiger partial charge on any atom is 0.252 e. The lowest BCUT2D eigenvalue weighted by atomic mass is 10.2. The molecule has 0 bridgehead atoms. The number of carbonyl (C=O) groups is 2. The van der Waals surface area contributed by atoms with Crippen LogP contribution in [0, 0.1) is 11.6 Å². The van der Waals surface area contributed by atoms with Gasteiger partial charge in [0, 0.05) is 18.2 Å². The predicted octanol–water partition coefficient (Wildman–Crippen LogP) is 1.22. The van der Waals surface area contributed by atoms with Crippen molar-refractivity contribution in [3.8, 4) is 0 Å². The first-order valence-corrected chi connectivity index (χ1v) is 5.48. The van der Waals surface area contributed by atoms with Gasteiger partial charge in [0.25, 0.3) is 5.91 Å². The van der Waals surface area contributed by atoms with Crippen molar-refractivity contribution in [1.29, 1.82) is 0 Å². The third-order valence-corrected chi connectivity index (χ3v) is 2.22. The Bertz CT molecular complexity index is 443. The molecule has 2 amide bonds. The van der Waals surface area contributed by atoms with Crippen LogP contribution in [0.5, 0.6) is 0 Å². The molecule has 4 nitrogen and oxygen atoms in total. The zero-order valence-electron chi connectivity index (χ0n) is 10.1. The summed E-state index contributed by atoms with van der Waals surface area (Å²) in [5.74, 6) is -2.74. The van der Waals surface area contributed by atoms with Gasteiger partial charge in [0.05, 0.1) is 0 Å². The van der Waals surface area contributed by atoms with Crippen LogP contribution in [0.15, 0.2) is 18.2 Å². The van der Waals surface area contributed by atoms with Crippen LogP contribution in [-0.2, 0) is 4.79 Å². The highest BCUT2D eigenvalue weighted by molar-refractivity contribution is 5.97. The molecule has 1 aromatic carbocycles. The molecule has 0 radical (unpaired) electrons. The van der Waals surface area contributed by atoms with E-state index in [9.17, 15) is 18.4 Å². The second kappa shape index (κ2) is 6.09. The Morgan fingerprint density at radius 3 is 2.28 bits per heavy atom. The molecule has 0 spiro atoms. The monoisotopic (exact) mass is 256 g/mol. The van der Waals surface area contributed by atoms with Crippen LogP contribution < -0.4 is 10.6 Å². The van der Waals surface area contributed by atoms with Gasteiger partial charge in [-0.05, 0) is 26.0 Å². The first kappa shape index (κ1) is 14.1. The molecule has 6 heteroatoms. The minimum Gasteiger partial charge on any atom is -0.355 e. The van der Waals surface area contributed by atoms with Gasteiger partial charge in [0.1, 0.15) is 17.7 Å². The maximum atomic E-state index is 12.9. The van der Waals surface area contributed by atoms with Crippen molar-refractivity contribution in [1.82, 2.24) is 10.6 Å². The minimum absolute atomic E-state index is 0.163. The number of likely N-dealkylation sites (N-methyl/N-ethyl adjacent to an activating group) is 1. The molecule has 1 atom stereocenters. The molecule has 98 valence electrons. The fraction of sp³-hybridized carbons (Fsp3) is 0.333. The van der Waals surface area contributed by atoms with Gasteiger partial charge in [-0.15, -0.1) is 0 Å². The van der Waals surface area contributed by atoms with E-state index < -0.39 is 23.6 Å². The Labute approximate surface area is 103 Å². The first-order valence-electron chi connectivity index (χ1n) is 5.48. The molecule has 0 heterocycles. The van der Waals surface area contributed by atoms with Gasteiger partial charge < -0.3 is 10.6 Å². The SMILES string of the molecule is CCNC(=O)[C@@H](C)NC(=O)c1cc(F)cc(F)c1. The summed E-state index contributed by atoms with van der Waals surface area (Å²) in [4.78, 5) is 23.0. The summed E-state index contributed by atoms with van der Waals surface area (Å²) in [7, 11) is 0. The maximum absolute atomic E-state index is 12.9. The third-order valence-electron chi connectivity index (χ3n) is 2.22. The van der Waals surface area contributed by atoms with Crippen LogP contribution in [0.2, 0.25) is 0 Å². The van der Waals surface area contributed by atoms with E-state index in [2.05, 4.69) is 10.6 Å². The van der Waals surface area contributed by atoms with Crippen LogP contribution in [0.25, 0.3) is 0 Å². The number of benzene rings is 1. The summed E-state index contributed by atoms with van der Waals surface area (Å²) in [6.45, 7) is 3.67. The predicted molar refractivity (Wildman–Crippen MR) is 62.0 cm³/mol. The largest absolute Gasteiger partial charge is 0.355 e. The lowest BCUT2D eigenvalue weighted by molar-refractivity contribution is -0.122. The Balaban J connectivity index is 2.73. The molecular weight excluding hydrogens is 242 g/mol. The molecule has 1 rings (SSSR count). The van der Waals surface area contributed by atoms with Gasteiger partial charge in [0.2, 0.25) is 5.91 Å². The highest BCUT2D eigenvalue weighted by Crippen LogP contribution is 2.08. The zero-order valence-corrected chi connectivity index (χ0v) is 10.1. The summed E-state index contributed by atoms with van der Waals surface area (Å²) in [5, 5.41) is 4.87. The molecule has 2 N–H and O–H groups in total. The smallest absolute Gasteiger partial charge is 0.252 e. The minimum atomic E-state index is -0.842. The summed E-state index contributed by atoms with van der Waals surface area (Å²) >= 11 is 0. The van der Waals surface area contributed by atoms with Crippen LogP contribution in [-0.4, -0.2) is 24.4 Å². The quantitative estimate of drug-likeness (QED) is 0.851. The van der Waals surface area contributed by atoms with Crippen LogP contribution >= 0.6 is 0 Å². The lowest BCUT2D eigenvalue weighted by Gasteiger charge is -2.13. The van der Waals surface area contributed by atoms with Gasteiger partial charge in [-0.1, -0.05) is 0 Å². The van der Waals surface area contributed by atoms with E-state index in [0.29, 0.717) is 12.6 Å². The standard InChI is InChI=1S/C12H14F2N2O2/c1-3-15-11(17)7(2)16-12(18)8-4-9(13)6-10(14)5-8/h4-7H,3H2,1-2H3,(H,15,17)(H,16,18)/t7-/m1/s1. The van der Waals surface area contributed by atoms with Crippen molar-refractivity contribution in [2.24, 2.45) is 0 Å². The van der Waals surface area contributed by atoms with E-state index >= 15 is 0 Å². The first-order chi connectivity index (χ1) is 8.43. The van der Waals surface area contributed by atoms with Crippen molar-refractivity contribution >= 4 is 11.8 Å². The zero-order chi connectivity index (χ0) is 13.7. The summed E-state index contributed by atoms with van der Waals surface area (Å²) in [6.07, 6.45) is 0. The summed E-state index contributed by atoms with van der Waals surface area (Å²) in [6, 6.07) is 1.71. The summed E-state index contributed by atoms with van der Waals surface area (Å²) < 4.78 is 25.8. The molecule has 0 aliphatic carbocycles. The molecule has 0 aliphatic heterocycles. The molecule has 0 unspecified atom stereocenters. The van der Waals surface area contributed by atoms with Crippen LogP contribution in [0.3, 0.4) is 0 Å². The van der Waals surface area contributed by atoms with E-state index in [1.54, 1.807) is 6.92 Å². The normalized spacial score (nSPS) is 11.8. The van der Waals surface area contributed by atoms with Gasteiger partial charge >= 0.3 is 0 Å². The summed E-state index contributed by atoms with van der Waals surface area (Å²) in [5.41, 5.74) is -0.163. The topological polar surface area (TPSA) is 58.2 Å². The van der Waals surface area contributed by atoms with Crippen molar-refractivity contribution in [2.75, 3.05) is 6.54 Å². The van der Waals surface area contributed by atoms with Crippen molar-refractivity contribution in [2.45, 2.75) is 19.9 Å². The number of hydrogen-bond donors (Lipinski definition) is 2. The second-order valence-electron chi connectivity index (χ2n) is 3.75. The molecule has 0 aliphatic rings. The Morgan fingerprint density at radius 1 is 1.22 bits per heavy atom. The third kappa shape index (κ3) is 3.80. The molecule has 1 aromatic rings. The Kier molecular flexibility index (Phi) is 4.76. The van der Waals surface area contributed by atoms with Gasteiger partial charge in [-0.25, -0.2) is 8.78 Å². The van der Waals surface area contributed by atoms with E-state index in [4.69, 9.17) is 0 Å². The molecular formula is C12H14F2N2O2. The highest BCUT2D eigenvalue weighted by Gasteiger charge is 2.16. The lowest BCUT2D eigenvalue weighted by Crippen LogP contribution is -2.44. The van der Waals surface area contributed by atoms with E-state index in [0.717, 1.165) is 12.1 Å². The fourth-order valence-corrected chi connectivity index (χ4v) is 1.36. The Morgan fingerprint density at radius 2 is 1.78 bits per heavy atom. The Hall–Kier alpha value is -1.98. The van der Waals surface area contributed by atoms with E-state index in [1.807, 2.05) is 0 Å². The number of amides is 2. The van der Waals surface area contributed by atoms with E-state index in [-0.39, 0.29) is 11.5 Å². The number of nitrogens with one attached hydrogen (secondary N) is 2. The van der Waals surface area contributed by atoms with E-state index in [1.165, 1.54) is 6.92 Å². The average molecular weight is 256 g/mol. The van der Waals surface area contributed by atoms with Crippen LogP contribution in [0.4, 0.5) is 8.78 Å². The number of carbonyl (C=O) groups excluding carboxylic acids is 2.